The predicted octanol–water partition coefficient (Wildman–Crippen LogP) is -1.14. The van der Waals surface area contributed by atoms with Gasteiger partial charge in [0.1, 0.15) is 6.04 Å². The summed E-state index contributed by atoms with van der Waals surface area (Å²) in [5.74, 6) is -2.70. The van der Waals surface area contributed by atoms with E-state index in [0.717, 1.165) is 0 Å². The number of carboxylic acid groups (broad SMARTS) is 2. The van der Waals surface area contributed by atoms with Crippen LogP contribution in [-0.2, 0) is 14.3 Å². The molecule has 0 aromatic carbocycles. The Bertz CT molecular complexity index is 267. The van der Waals surface area contributed by atoms with Crippen molar-refractivity contribution in [2.75, 3.05) is 20.3 Å². The molecule has 0 aromatic heterocycles. The molecule has 0 rings (SSSR count). The number of carboxylic acids is 2. The monoisotopic (exact) mass is 234 g/mol. The molecule has 0 unspecified atom stereocenters. The average molecular weight is 234 g/mol. The summed E-state index contributed by atoms with van der Waals surface area (Å²) in [5.41, 5.74) is 0. The van der Waals surface area contributed by atoms with Gasteiger partial charge >= 0.3 is 18.0 Å². The third-order valence-corrected chi connectivity index (χ3v) is 1.57. The zero-order chi connectivity index (χ0) is 12.6. The van der Waals surface area contributed by atoms with Crippen molar-refractivity contribution in [1.82, 2.24) is 10.6 Å². The number of carbonyl (C=O) groups is 3. The van der Waals surface area contributed by atoms with E-state index in [1.165, 1.54) is 7.11 Å². The number of nitrogens with one attached hydrogen (secondary N) is 2. The van der Waals surface area contributed by atoms with Gasteiger partial charge in [-0.05, 0) is 0 Å². The van der Waals surface area contributed by atoms with Crippen LogP contribution < -0.4 is 10.6 Å². The van der Waals surface area contributed by atoms with Crippen molar-refractivity contribution in [3.63, 3.8) is 0 Å². The van der Waals surface area contributed by atoms with Gasteiger partial charge in [0.15, 0.2) is 0 Å². The summed E-state index contributed by atoms with van der Waals surface area (Å²) in [6.07, 6.45) is -0.674. The molecule has 0 saturated heterocycles. The zero-order valence-corrected chi connectivity index (χ0v) is 8.73. The second kappa shape index (κ2) is 7.46. The summed E-state index contributed by atoms with van der Waals surface area (Å²) in [4.78, 5) is 32.0. The van der Waals surface area contributed by atoms with Crippen LogP contribution in [-0.4, -0.2) is 54.5 Å². The Kier molecular flexibility index (Phi) is 6.61. The number of urea groups is 1. The molecule has 0 heterocycles. The lowest BCUT2D eigenvalue weighted by Gasteiger charge is -2.12. The quantitative estimate of drug-likeness (QED) is 0.413. The largest absolute Gasteiger partial charge is 0.481 e. The Balaban J connectivity index is 4.03. The fraction of sp³-hybridized carbons (Fsp3) is 0.625. The number of hydrogen-bond acceptors (Lipinski definition) is 4. The summed E-state index contributed by atoms with van der Waals surface area (Å²) < 4.78 is 4.66. The second-order valence-electron chi connectivity index (χ2n) is 2.88. The number of aliphatic carboxylic acids is 2. The van der Waals surface area contributed by atoms with Crippen molar-refractivity contribution >= 4 is 18.0 Å². The fourth-order valence-electron chi connectivity index (χ4n) is 0.851. The number of carbonyl (C=O) groups excluding carboxylic acids is 1. The third-order valence-electron chi connectivity index (χ3n) is 1.57. The number of rotatable bonds is 7. The Morgan fingerprint density at radius 3 is 2.38 bits per heavy atom. The standard InChI is InChI=1S/C8H14N2O6/c1-16-3-2-9-8(15)10-5(7(13)14)4-6(11)12/h5H,2-4H2,1H3,(H,11,12)(H,13,14)(H2,9,10,15)/t5-/m0/s1. The molecule has 92 valence electrons. The van der Waals surface area contributed by atoms with Crippen molar-refractivity contribution < 1.29 is 29.3 Å². The van der Waals surface area contributed by atoms with Crippen molar-refractivity contribution in [3.05, 3.63) is 0 Å². The molecule has 0 bridgehead atoms. The van der Waals surface area contributed by atoms with Crippen LogP contribution in [0.4, 0.5) is 4.79 Å². The molecule has 2 amide bonds. The van der Waals surface area contributed by atoms with Crippen LogP contribution in [0.5, 0.6) is 0 Å². The van der Waals surface area contributed by atoms with Gasteiger partial charge in [0, 0.05) is 13.7 Å². The molecular formula is C8H14N2O6. The molecular weight excluding hydrogens is 220 g/mol. The lowest BCUT2D eigenvalue weighted by Crippen LogP contribution is -2.47. The molecule has 0 aliphatic carbocycles. The van der Waals surface area contributed by atoms with E-state index in [2.05, 4.69) is 10.1 Å². The van der Waals surface area contributed by atoms with Crippen LogP contribution in [0.3, 0.4) is 0 Å². The van der Waals surface area contributed by atoms with Crippen LogP contribution in [0.2, 0.25) is 0 Å². The van der Waals surface area contributed by atoms with E-state index in [0.29, 0.717) is 0 Å². The summed E-state index contributed by atoms with van der Waals surface area (Å²) >= 11 is 0. The van der Waals surface area contributed by atoms with E-state index in [9.17, 15) is 14.4 Å². The highest BCUT2D eigenvalue weighted by Crippen LogP contribution is 1.92. The molecule has 0 spiro atoms. The smallest absolute Gasteiger partial charge is 0.326 e. The molecule has 0 fully saturated rings. The van der Waals surface area contributed by atoms with Crippen LogP contribution in [0.1, 0.15) is 6.42 Å². The summed E-state index contributed by atoms with van der Waals surface area (Å²) in [6, 6.07) is -2.19. The number of amides is 2. The Morgan fingerprint density at radius 2 is 1.94 bits per heavy atom. The first-order chi connectivity index (χ1) is 7.47. The Morgan fingerprint density at radius 1 is 1.31 bits per heavy atom. The Hall–Kier alpha value is -1.83. The maximum absolute atomic E-state index is 11.1. The lowest BCUT2D eigenvalue weighted by molar-refractivity contribution is -0.145. The van der Waals surface area contributed by atoms with Gasteiger partial charge in [0.25, 0.3) is 0 Å². The van der Waals surface area contributed by atoms with Gasteiger partial charge < -0.3 is 25.6 Å². The molecule has 0 aliphatic rings. The van der Waals surface area contributed by atoms with E-state index in [-0.39, 0.29) is 13.2 Å². The third kappa shape index (κ3) is 6.60. The fourth-order valence-corrected chi connectivity index (χ4v) is 0.851. The summed E-state index contributed by atoms with van der Waals surface area (Å²) in [7, 11) is 1.45. The summed E-state index contributed by atoms with van der Waals surface area (Å²) in [5, 5.41) is 21.3. The van der Waals surface area contributed by atoms with Crippen LogP contribution in [0, 0.1) is 0 Å². The highest BCUT2D eigenvalue weighted by molar-refractivity contribution is 5.86. The lowest BCUT2D eigenvalue weighted by atomic mass is 10.2. The highest BCUT2D eigenvalue weighted by atomic mass is 16.5. The average Bonchev–Trinajstić information content (AvgIpc) is 2.16. The van der Waals surface area contributed by atoms with Crippen molar-refractivity contribution in [1.29, 1.82) is 0 Å². The first kappa shape index (κ1) is 14.2. The van der Waals surface area contributed by atoms with E-state index in [1.54, 1.807) is 0 Å². The van der Waals surface area contributed by atoms with Gasteiger partial charge in [-0.2, -0.15) is 0 Å². The topological polar surface area (TPSA) is 125 Å². The molecule has 8 nitrogen and oxygen atoms in total. The van der Waals surface area contributed by atoms with Crippen LogP contribution in [0.15, 0.2) is 0 Å². The van der Waals surface area contributed by atoms with Gasteiger partial charge in [0.2, 0.25) is 0 Å². The van der Waals surface area contributed by atoms with E-state index >= 15 is 0 Å². The number of ether oxygens (including phenoxy) is 1. The minimum atomic E-state index is -1.44. The van der Waals surface area contributed by atoms with Crippen molar-refractivity contribution in [2.24, 2.45) is 0 Å². The van der Waals surface area contributed by atoms with E-state index < -0.39 is 30.4 Å². The van der Waals surface area contributed by atoms with Crippen LogP contribution in [0.25, 0.3) is 0 Å². The van der Waals surface area contributed by atoms with Gasteiger partial charge in [-0.15, -0.1) is 0 Å². The molecule has 0 aromatic rings. The number of hydrogen-bond donors (Lipinski definition) is 4. The zero-order valence-electron chi connectivity index (χ0n) is 8.73. The van der Waals surface area contributed by atoms with E-state index in [1.807, 2.05) is 5.32 Å². The van der Waals surface area contributed by atoms with Crippen molar-refractivity contribution in [2.45, 2.75) is 12.5 Å². The first-order valence-corrected chi connectivity index (χ1v) is 4.45. The van der Waals surface area contributed by atoms with Crippen molar-refractivity contribution in [3.8, 4) is 0 Å². The molecule has 0 saturated carbocycles. The highest BCUT2D eigenvalue weighted by Gasteiger charge is 2.22. The predicted molar refractivity (Wildman–Crippen MR) is 52.1 cm³/mol. The molecule has 16 heavy (non-hydrogen) atoms. The number of methoxy groups -OCH3 is 1. The van der Waals surface area contributed by atoms with Gasteiger partial charge in [-0.1, -0.05) is 0 Å². The van der Waals surface area contributed by atoms with Gasteiger partial charge in [0.05, 0.1) is 13.0 Å². The molecule has 4 N–H and O–H groups in total. The molecule has 1 atom stereocenters. The SMILES string of the molecule is COCCNC(=O)N[C@@H](CC(=O)O)C(=O)O. The summed E-state index contributed by atoms with van der Waals surface area (Å²) in [6.45, 7) is 0.492. The van der Waals surface area contributed by atoms with Gasteiger partial charge in [-0.25, -0.2) is 9.59 Å². The van der Waals surface area contributed by atoms with E-state index in [4.69, 9.17) is 10.2 Å². The minimum absolute atomic E-state index is 0.210. The maximum Gasteiger partial charge on any atom is 0.326 e. The molecule has 8 heteroatoms. The minimum Gasteiger partial charge on any atom is -0.481 e. The second-order valence-corrected chi connectivity index (χ2v) is 2.88. The Labute approximate surface area is 91.6 Å². The normalized spacial score (nSPS) is 11.6. The molecule has 0 radical (unpaired) electrons. The van der Waals surface area contributed by atoms with Crippen LogP contribution >= 0.6 is 0 Å². The first-order valence-electron chi connectivity index (χ1n) is 4.45. The molecule has 0 aliphatic heterocycles. The van der Waals surface area contributed by atoms with Gasteiger partial charge in [-0.3, -0.25) is 4.79 Å². The maximum atomic E-state index is 11.1.